The second-order valence-electron chi connectivity index (χ2n) is 6.84. The highest BCUT2D eigenvalue weighted by Crippen LogP contribution is 2.27. The Hall–Kier alpha value is -2.45. The summed E-state index contributed by atoms with van der Waals surface area (Å²) in [6.45, 7) is 4.36. The van der Waals surface area contributed by atoms with Gasteiger partial charge in [0.1, 0.15) is 5.69 Å². The quantitative estimate of drug-likeness (QED) is 0.156. The Bertz CT molecular complexity index is 896. The van der Waals surface area contributed by atoms with E-state index in [-0.39, 0.29) is 48.3 Å². The van der Waals surface area contributed by atoms with Gasteiger partial charge in [-0.15, -0.1) is 24.0 Å². The molecule has 13 heteroatoms. The third kappa shape index (κ3) is 7.31. The molecule has 3 N–H and O–H groups in total. The normalized spacial score (nSPS) is 16.5. The van der Waals surface area contributed by atoms with E-state index in [0.717, 1.165) is 18.7 Å². The molecule has 3 rings (SSSR count). The number of halogens is 5. The van der Waals surface area contributed by atoms with E-state index >= 15 is 0 Å². The molecule has 0 aliphatic carbocycles. The second kappa shape index (κ2) is 12.0. The fraction of sp³-hybridized carbons (Fsp3) is 0.474. The van der Waals surface area contributed by atoms with Crippen molar-refractivity contribution in [2.75, 3.05) is 42.9 Å². The molecule has 0 saturated carbocycles. The number of alkyl halides is 3. The number of guanidine groups is 1. The minimum absolute atomic E-state index is 0. The summed E-state index contributed by atoms with van der Waals surface area (Å²) in [6.07, 6.45) is -1.11. The summed E-state index contributed by atoms with van der Waals surface area (Å²) >= 11 is 0. The smallest absolute Gasteiger partial charge is 0.357 e. The molecule has 0 radical (unpaired) electrons. The molecular weight excluding hydrogens is 543 g/mol. The van der Waals surface area contributed by atoms with Gasteiger partial charge < -0.3 is 20.9 Å². The molecule has 3 heterocycles. The van der Waals surface area contributed by atoms with Crippen LogP contribution in [0.25, 0.3) is 0 Å². The minimum atomic E-state index is -4.52. The Balaban J connectivity index is 0.00000363. The van der Waals surface area contributed by atoms with Crippen LogP contribution in [0, 0.1) is 5.82 Å². The summed E-state index contributed by atoms with van der Waals surface area (Å²) in [6, 6.07) is 3.81. The topological polar surface area (TPSA) is 90.4 Å². The van der Waals surface area contributed by atoms with Gasteiger partial charge in [0, 0.05) is 44.6 Å². The van der Waals surface area contributed by atoms with Crippen LogP contribution in [0.2, 0.25) is 0 Å². The largest absolute Gasteiger partial charge is 0.433 e. The lowest BCUT2D eigenvalue weighted by Gasteiger charge is -2.20. The van der Waals surface area contributed by atoms with E-state index in [1.807, 2.05) is 11.8 Å². The molecule has 2 aromatic rings. The average Bonchev–Trinajstić information content (AvgIpc) is 3.19. The summed E-state index contributed by atoms with van der Waals surface area (Å²) in [5.41, 5.74) is -1.00. The maximum Gasteiger partial charge on any atom is 0.433 e. The van der Waals surface area contributed by atoms with E-state index in [9.17, 15) is 17.6 Å². The van der Waals surface area contributed by atoms with Crippen LogP contribution in [0.1, 0.15) is 19.0 Å². The Morgan fingerprint density at radius 3 is 2.78 bits per heavy atom. The first-order valence-electron chi connectivity index (χ1n) is 9.91. The van der Waals surface area contributed by atoms with Crippen LogP contribution in [0.3, 0.4) is 0 Å². The summed E-state index contributed by atoms with van der Waals surface area (Å²) in [5.74, 6) is 0.444. The fourth-order valence-electron chi connectivity index (χ4n) is 3.13. The third-order valence-corrected chi connectivity index (χ3v) is 4.52. The van der Waals surface area contributed by atoms with Crippen LogP contribution in [0.15, 0.2) is 35.6 Å². The highest BCUT2D eigenvalue weighted by atomic mass is 127. The lowest BCUT2D eigenvalue weighted by molar-refractivity contribution is -0.141. The van der Waals surface area contributed by atoms with Gasteiger partial charge in [-0.2, -0.15) is 13.2 Å². The molecule has 1 saturated heterocycles. The molecule has 176 valence electrons. The predicted molar refractivity (Wildman–Crippen MR) is 125 cm³/mol. The Labute approximate surface area is 200 Å². The van der Waals surface area contributed by atoms with Crippen molar-refractivity contribution in [2.45, 2.75) is 25.6 Å². The summed E-state index contributed by atoms with van der Waals surface area (Å²) in [7, 11) is 0. The number of nitrogens with zero attached hydrogens (tertiary/aromatic N) is 5. The van der Waals surface area contributed by atoms with E-state index in [1.165, 1.54) is 6.07 Å². The number of hydrogen-bond acceptors (Lipinski definition) is 6. The van der Waals surface area contributed by atoms with E-state index in [4.69, 9.17) is 0 Å². The van der Waals surface area contributed by atoms with Gasteiger partial charge in [-0.25, -0.2) is 19.3 Å². The van der Waals surface area contributed by atoms with Crippen LogP contribution in [0.4, 0.5) is 29.3 Å². The summed E-state index contributed by atoms with van der Waals surface area (Å²) in [4.78, 5) is 17.7. The molecule has 0 aromatic carbocycles. The molecule has 8 nitrogen and oxygen atoms in total. The third-order valence-electron chi connectivity index (χ3n) is 4.52. The van der Waals surface area contributed by atoms with Crippen molar-refractivity contribution in [3.05, 3.63) is 42.1 Å². The highest BCUT2D eigenvalue weighted by Gasteiger charge is 2.32. The summed E-state index contributed by atoms with van der Waals surface area (Å²) < 4.78 is 52.1. The van der Waals surface area contributed by atoms with Gasteiger partial charge in [-0.1, -0.05) is 0 Å². The van der Waals surface area contributed by atoms with E-state index in [1.54, 1.807) is 12.3 Å². The molecule has 32 heavy (non-hydrogen) atoms. The van der Waals surface area contributed by atoms with E-state index in [0.29, 0.717) is 38.0 Å². The second-order valence-corrected chi connectivity index (χ2v) is 6.84. The van der Waals surface area contributed by atoms with Crippen molar-refractivity contribution < 1.29 is 17.6 Å². The fourth-order valence-corrected chi connectivity index (χ4v) is 3.13. The van der Waals surface area contributed by atoms with Gasteiger partial charge in [-0.3, -0.25) is 4.99 Å². The van der Waals surface area contributed by atoms with Gasteiger partial charge in [-0.05, 0) is 31.5 Å². The van der Waals surface area contributed by atoms with Crippen molar-refractivity contribution in [2.24, 2.45) is 4.99 Å². The highest BCUT2D eigenvalue weighted by molar-refractivity contribution is 14.0. The van der Waals surface area contributed by atoms with Crippen molar-refractivity contribution in [1.82, 2.24) is 25.6 Å². The van der Waals surface area contributed by atoms with Gasteiger partial charge >= 0.3 is 6.18 Å². The number of rotatable bonds is 7. The molecular formula is C19H25F4IN8. The van der Waals surface area contributed by atoms with Gasteiger partial charge in [0.15, 0.2) is 17.6 Å². The minimum Gasteiger partial charge on any atom is -0.357 e. The van der Waals surface area contributed by atoms with Crippen LogP contribution < -0.4 is 20.9 Å². The first kappa shape index (κ1) is 25.8. The Morgan fingerprint density at radius 2 is 2.06 bits per heavy atom. The number of anilines is 2. The lowest BCUT2D eigenvalue weighted by atomic mass is 10.3. The first-order valence-corrected chi connectivity index (χ1v) is 9.91. The number of aromatic nitrogens is 3. The molecule has 1 aliphatic heterocycles. The lowest BCUT2D eigenvalue weighted by Crippen LogP contribution is -2.45. The number of nitrogens with one attached hydrogen (secondary N) is 3. The maximum absolute atomic E-state index is 13.9. The standard InChI is InChI=1S/C19H24F4N8.HI/c1-2-24-17(27-9-10-28-18-26-8-5-15(30-18)19(21,22)23)29-13-6-11-31(12-13)16-14(20)4-3-7-25-16;/h3-5,7-8,13H,2,6,9-12H2,1H3,(H2,24,27,29)(H,26,28,30);1H. The molecule has 1 unspecified atom stereocenters. The molecule has 1 aliphatic rings. The van der Waals surface area contributed by atoms with E-state index in [2.05, 4.69) is 35.9 Å². The molecule has 1 fully saturated rings. The SMILES string of the molecule is CCNC(=NCCNc1nccc(C(F)(F)F)n1)NC1CCN(c2ncccc2F)C1.I. The molecule has 1 atom stereocenters. The van der Waals surface area contributed by atoms with Crippen molar-refractivity contribution in [3.8, 4) is 0 Å². The molecule has 2 aromatic heterocycles. The Kier molecular flexibility index (Phi) is 9.65. The zero-order valence-corrected chi connectivity index (χ0v) is 19.7. The zero-order chi connectivity index (χ0) is 22.3. The van der Waals surface area contributed by atoms with Crippen LogP contribution in [0.5, 0.6) is 0 Å². The molecule has 0 amide bonds. The predicted octanol–water partition coefficient (Wildman–Crippen LogP) is 2.89. The average molecular weight is 568 g/mol. The number of aliphatic imine (C=N–C) groups is 1. The van der Waals surface area contributed by atoms with Crippen LogP contribution in [-0.4, -0.2) is 59.7 Å². The number of hydrogen-bond donors (Lipinski definition) is 3. The number of pyridine rings is 1. The van der Waals surface area contributed by atoms with Gasteiger partial charge in [0.2, 0.25) is 5.95 Å². The monoisotopic (exact) mass is 568 g/mol. The van der Waals surface area contributed by atoms with Gasteiger partial charge in [0.05, 0.1) is 6.54 Å². The molecule has 0 spiro atoms. The van der Waals surface area contributed by atoms with Gasteiger partial charge in [0.25, 0.3) is 0 Å². The van der Waals surface area contributed by atoms with Crippen LogP contribution >= 0.6 is 24.0 Å². The maximum atomic E-state index is 13.9. The zero-order valence-electron chi connectivity index (χ0n) is 17.4. The van der Waals surface area contributed by atoms with Crippen LogP contribution in [-0.2, 0) is 6.18 Å². The van der Waals surface area contributed by atoms with E-state index < -0.39 is 11.9 Å². The summed E-state index contributed by atoms with van der Waals surface area (Å²) in [5, 5.41) is 9.17. The molecule has 0 bridgehead atoms. The first-order chi connectivity index (χ1) is 14.9. The van der Waals surface area contributed by atoms with Crippen molar-refractivity contribution in [1.29, 1.82) is 0 Å². The Morgan fingerprint density at radius 1 is 1.25 bits per heavy atom. The van der Waals surface area contributed by atoms with Crippen molar-refractivity contribution in [3.63, 3.8) is 0 Å². The van der Waals surface area contributed by atoms with Crippen molar-refractivity contribution >= 4 is 41.7 Å².